The van der Waals surface area contributed by atoms with Crippen molar-refractivity contribution in [1.82, 2.24) is 0 Å². The summed E-state index contributed by atoms with van der Waals surface area (Å²) in [6, 6.07) is 0. The Hall–Kier alpha value is -0.450. The van der Waals surface area contributed by atoms with E-state index in [1.54, 1.807) is 9.47 Å². The SMILES string of the molecule is OC(F)(F)C1(C(F)(F)C(F)(F)C(F)(F)F)OC(F)(F)C(F)(C(F)(F)C(F)(F)C(F)(F)F)O1.[H-].[Na+]. The Balaban J connectivity index is 0. The maximum atomic E-state index is 14.0. The van der Waals surface area contributed by atoms with E-state index in [-0.39, 0.29) is 31.0 Å². The van der Waals surface area contributed by atoms with Crippen LogP contribution in [0.15, 0.2) is 0 Å². The molecule has 0 bridgehead atoms. The Labute approximate surface area is 189 Å². The minimum absolute atomic E-state index is 0. The van der Waals surface area contributed by atoms with Crippen molar-refractivity contribution in [2.24, 2.45) is 0 Å². The molecule has 0 radical (unpaired) electrons. The molecular weight excluding hydrogens is 552 g/mol. The maximum Gasteiger partial charge on any atom is 1.00 e. The van der Waals surface area contributed by atoms with Crippen LogP contribution >= 0.6 is 0 Å². The molecule has 1 saturated heterocycles. The van der Waals surface area contributed by atoms with Gasteiger partial charge < -0.3 is 6.53 Å². The van der Waals surface area contributed by atoms with E-state index in [1.807, 2.05) is 0 Å². The first-order valence-electron chi connectivity index (χ1n) is 6.63. The van der Waals surface area contributed by atoms with Gasteiger partial charge in [-0.05, 0) is 0 Å². The molecule has 1 aliphatic heterocycles. The van der Waals surface area contributed by atoms with Crippen molar-refractivity contribution >= 4 is 0 Å². The van der Waals surface area contributed by atoms with Gasteiger partial charge in [-0.25, -0.2) is 0 Å². The molecule has 2 unspecified atom stereocenters. The topological polar surface area (TPSA) is 38.7 Å². The first-order chi connectivity index (χ1) is 13.4. The summed E-state index contributed by atoms with van der Waals surface area (Å²) in [6.45, 7) is 0. The van der Waals surface area contributed by atoms with Crippen molar-refractivity contribution in [3.63, 3.8) is 0 Å². The number of aliphatic hydroxyl groups is 1. The van der Waals surface area contributed by atoms with Crippen LogP contribution < -0.4 is 29.6 Å². The van der Waals surface area contributed by atoms with Crippen LogP contribution in [0.4, 0.5) is 83.4 Å². The van der Waals surface area contributed by atoms with Gasteiger partial charge in [-0.3, -0.25) is 9.47 Å². The van der Waals surface area contributed by atoms with Crippen LogP contribution in [0, 0.1) is 0 Å². The second-order valence-electron chi connectivity index (χ2n) is 5.77. The number of hydrogen-bond donors (Lipinski definition) is 1. The number of ether oxygens (including phenoxy) is 2. The van der Waals surface area contributed by atoms with E-state index in [2.05, 4.69) is 0 Å². The van der Waals surface area contributed by atoms with E-state index in [0.717, 1.165) is 0 Å². The summed E-state index contributed by atoms with van der Waals surface area (Å²) in [4.78, 5) is 0. The van der Waals surface area contributed by atoms with Crippen molar-refractivity contribution in [1.29, 1.82) is 0 Å². The monoisotopic (exact) mass is 554 g/mol. The van der Waals surface area contributed by atoms with Crippen LogP contribution in [-0.2, 0) is 9.47 Å². The second-order valence-corrected chi connectivity index (χ2v) is 5.77. The fourth-order valence-corrected chi connectivity index (χ4v) is 1.98. The summed E-state index contributed by atoms with van der Waals surface area (Å²) in [7, 11) is 0. The molecule has 33 heavy (non-hydrogen) atoms. The smallest absolute Gasteiger partial charge is 1.00 e. The minimum atomic E-state index is -8.35. The molecule has 0 aromatic rings. The van der Waals surface area contributed by atoms with Gasteiger partial charge in [0.1, 0.15) is 0 Å². The molecule has 0 spiro atoms. The third-order valence-corrected chi connectivity index (χ3v) is 3.64. The maximum absolute atomic E-state index is 14.0. The summed E-state index contributed by atoms with van der Waals surface area (Å²) in [5.41, 5.74) is 0. The normalized spacial score (nSPS) is 28.0. The van der Waals surface area contributed by atoms with Crippen molar-refractivity contribution in [3.8, 4) is 0 Å². The van der Waals surface area contributed by atoms with Crippen molar-refractivity contribution < 1.29 is 129 Å². The van der Waals surface area contributed by atoms with Crippen LogP contribution in [0.25, 0.3) is 0 Å². The van der Waals surface area contributed by atoms with Gasteiger partial charge in [0.25, 0.3) is 0 Å². The van der Waals surface area contributed by atoms with Gasteiger partial charge in [0.15, 0.2) is 0 Å². The summed E-state index contributed by atoms with van der Waals surface area (Å²) in [6.07, 6.45) is -30.9. The third kappa shape index (κ3) is 3.95. The molecule has 1 fully saturated rings. The van der Waals surface area contributed by atoms with Crippen molar-refractivity contribution in [2.45, 2.75) is 59.9 Å². The molecule has 1 heterocycles. The Bertz CT molecular complexity index is 744. The molecule has 0 saturated carbocycles. The Kier molecular flexibility index (Phi) is 7.67. The Morgan fingerprint density at radius 3 is 1.12 bits per heavy atom. The quantitative estimate of drug-likeness (QED) is 0.420. The summed E-state index contributed by atoms with van der Waals surface area (Å²) < 4.78 is 249. The zero-order valence-corrected chi connectivity index (χ0v) is 16.4. The number of hydrogen-bond acceptors (Lipinski definition) is 3. The average Bonchev–Trinajstić information content (AvgIpc) is 2.73. The summed E-state index contributed by atoms with van der Waals surface area (Å²) in [5.74, 6) is -48.6. The minimum Gasteiger partial charge on any atom is -1.00 e. The van der Waals surface area contributed by atoms with Crippen LogP contribution in [0.2, 0.25) is 0 Å². The van der Waals surface area contributed by atoms with Crippen molar-refractivity contribution in [2.75, 3.05) is 0 Å². The van der Waals surface area contributed by atoms with E-state index >= 15 is 0 Å². The van der Waals surface area contributed by atoms with E-state index < -0.39 is 59.9 Å². The Morgan fingerprint density at radius 1 is 0.545 bits per heavy atom. The van der Waals surface area contributed by atoms with Gasteiger partial charge in [0.2, 0.25) is 0 Å². The first-order valence-corrected chi connectivity index (χ1v) is 6.63. The standard InChI is InChI=1S/C10HF19O3.Na.H/c11-1(12,3(15,16)7(20,21)22)5(19)10(28,29)32-6(31-5,9(26,27)30)2(13,14)4(17,18)8(23,24)25;;/h30H;;/q;+1;-1. The van der Waals surface area contributed by atoms with Crippen LogP contribution in [0.5, 0.6) is 0 Å². The zero-order chi connectivity index (χ0) is 26.4. The van der Waals surface area contributed by atoms with Gasteiger partial charge in [-0.2, -0.15) is 83.4 Å². The largest absolute Gasteiger partial charge is 1.00 e. The molecule has 23 heteroatoms. The van der Waals surface area contributed by atoms with E-state index in [1.165, 1.54) is 0 Å². The van der Waals surface area contributed by atoms with Crippen LogP contribution in [-0.4, -0.2) is 65.0 Å². The molecule has 1 N–H and O–H groups in total. The number of alkyl halides is 19. The van der Waals surface area contributed by atoms with Crippen LogP contribution in [0.1, 0.15) is 1.43 Å². The van der Waals surface area contributed by atoms with Gasteiger partial charge in [-0.1, -0.05) is 0 Å². The van der Waals surface area contributed by atoms with Crippen molar-refractivity contribution in [3.05, 3.63) is 0 Å². The fourth-order valence-electron chi connectivity index (χ4n) is 1.98. The van der Waals surface area contributed by atoms with Crippen LogP contribution in [0.3, 0.4) is 0 Å². The summed E-state index contributed by atoms with van der Waals surface area (Å²) in [5, 5.41) is 8.11. The molecule has 3 nitrogen and oxygen atoms in total. The molecular formula is C10H2F19NaO3. The van der Waals surface area contributed by atoms with Gasteiger partial charge in [0, 0.05) is 0 Å². The molecule has 0 amide bonds. The van der Waals surface area contributed by atoms with Gasteiger partial charge in [-0.15, -0.1) is 0 Å². The zero-order valence-electron chi connectivity index (χ0n) is 15.4. The predicted octanol–water partition coefficient (Wildman–Crippen LogP) is 2.36. The van der Waals surface area contributed by atoms with Gasteiger partial charge in [0.05, 0.1) is 0 Å². The first kappa shape index (κ1) is 32.5. The van der Waals surface area contributed by atoms with E-state index in [9.17, 15) is 83.4 Å². The molecule has 2 atom stereocenters. The summed E-state index contributed by atoms with van der Waals surface area (Å²) >= 11 is 0. The molecule has 194 valence electrons. The second kappa shape index (κ2) is 7.77. The molecule has 0 aromatic carbocycles. The molecule has 0 aromatic heterocycles. The van der Waals surface area contributed by atoms with Gasteiger partial charge >= 0.3 is 89.5 Å². The average molecular weight is 554 g/mol. The predicted molar refractivity (Wildman–Crippen MR) is 53.9 cm³/mol. The number of halogens is 19. The molecule has 1 rings (SSSR count). The van der Waals surface area contributed by atoms with E-state index in [0.29, 0.717) is 0 Å². The molecule has 0 aliphatic carbocycles. The third-order valence-electron chi connectivity index (χ3n) is 3.64. The molecule has 1 aliphatic rings. The Morgan fingerprint density at radius 2 is 0.848 bits per heavy atom. The fraction of sp³-hybridized carbons (Fsp3) is 1.00. The number of rotatable bonds is 5. The van der Waals surface area contributed by atoms with E-state index in [4.69, 9.17) is 5.11 Å².